The predicted molar refractivity (Wildman–Crippen MR) is 143 cm³/mol. The number of carbonyl (C=O) groups excluding carboxylic acids is 1. The maximum atomic E-state index is 13.6. The lowest BCUT2D eigenvalue weighted by molar-refractivity contribution is -0.137. The number of alkyl halides is 3. The first-order chi connectivity index (χ1) is 19.1. The first-order valence-electron chi connectivity index (χ1n) is 12.1. The molecule has 40 heavy (non-hydrogen) atoms. The van der Waals surface area contributed by atoms with Gasteiger partial charge in [0.2, 0.25) is 11.9 Å². The predicted octanol–water partition coefficient (Wildman–Crippen LogP) is 4.95. The molecule has 0 aliphatic carbocycles. The van der Waals surface area contributed by atoms with Crippen molar-refractivity contribution in [3.05, 3.63) is 83.7 Å². The smallest absolute Gasteiger partial charge is 0.347 e. The van der Waals surface area contributed by atoms with Gasteiger partial charge in [0.1, 0.15) is 0 Å². The summed E-state index contributed by atoms with van der Waals surface area (Å²) < 4.78 is 44.1. The molecule has 12 heteroatoms. The van der Waals surface area contributed by atoms with Crippen LogP contribution in [0.2, 0.25) is 0 Å². The molecule has 0 aliphatic heterocycles. The second kappa shape index (κ2) is 10.2. The zero-order valence-electron chi connectivity index (χ0n) is 21.7. The molecular formula is C28H23F3N8O. The minimum absolute atomic E-state index is 0.0555. The molecule has 0 fully saturated rings. The molecule has 0 aliphatic rings. The van der Waals surface area contributed by atoms with Gasteiger partial charge in [0.15, 0.2) is 5.65 Å². The number of nitrogens with zero attached hydrogens (tertiary/aromatic N) is 7. The first-order valence-corrected chi connectivity index (χ1v) is 12.1. The van der Waals surface area contributed by atoms with Crippen LogP contribution in [0.15, 0.2) is 67.0 Å². The van der Waals surface area contributed by atoms with Gasteiger partial charge in [0.05, 0.1) is 41.3 Å². The fourth-order valence-electron chi connectivity index (χ4n) is 4.34. The molecular weight excluding hydrogens is 521 g/mol. The Balaban J connectivity index is 1.71. The summed E-state index contributed by atoms with van der Waals surface area (Å²) >= 11 is 0. The number of carbonyl (C=O) groups is 1. The lowest BCUT2D eigenvalue weighted by Crippen LogP contribution is -2.28. The van der Waals surface area contributed by atoms with E-state index in [1.807, 2.05) is 0 Å². The number of rotatable bonds is 6. The molecule has 202 valence electrons. The molecule has 1 N–H and O–H groups in total. The van der Waals surface area contributed by atoms with Crippen molar-refractivity contribution in [2.75, 3.05) is 26.0 Å². The lowest BCUT2D eigenvalue weighted by Gasteiger charge is -2.16. The number of benzene rings is 2. The SMILES string of the molecule is Cc1c(-c2ccnn2-c2ccc(C#N)cc2)cn2nc(NCC(=O)N(C)C)nc2c1-c1cccc(C(F)(F)F)c1. The fourth-order valence-corrected chi connectivity index (χ4v) is 4.34. The highest BCUT2D eigenvalue weighted by atomic mass is 19.4. The number of anilines is 1. The molecule has 0 bridgehead atoms. The van der Waals surface area contributed by atoms with E-state index in [4.69, 9.17) is 5.26 Å². The Kier molecular flexibility index (Phi) is 6.73. The van der Waals surface area contributed by atoms with Crippen LogP contribution in [0.25, 0.3) is 33.7 Å². The number of halogens is 3. The second-order valence-electron chi connectivity index (χ2n) is 9.25. The fraction of sp³-hybridized carbons (Fsp3) is 0.179. The van der Waals surface area contributed by atoms with E-state index < -0.39 is 11.7 Å². The zero-order valence-corrected chi connectivity index (χ0v) is 21.7. The molecule has 3 heterocycles. The van der Waals surface area contributed by atoms with Crippen LogP contribution in [0.3, 0.4) is 0 Å². The summed E-state index contributed by atoms with van der Waals surface area (Å²) in [6, 6.07) is 15.8. The van der Waals surface area contributed by atoms with Crippen molar-refractivity contribution < 1.29 is 18.0 Å². The molecule has 1 amide bonds. The Morgan fingerprint density at radius 2 is 1.88 bits per heavy atom. The highest BCUT2D eigenvalue weighted by Gasteiger charge is 2.31. The van der Waals surface area contributed by atoms with Gasteiger partial charge in [-0.3, -0.25) is 4.79 Å². The molecule has 0 saturated carbocycles. The standard InChI is InChI=1S/C28H23F3N8O/c1-17-22(23-11-12-34-39(23)21-9-7-18(14-32)8-10-21)16-38-26(35-27(36-38)33-15-24(40)37(2)3)25(17)19-5-4-6-20(13-19)28(29,30)31/h4-13,16H,15H2,1-3H3,(H,33,36). The van der Waals surface area contributed by atoms with Crippen LogP contribution in [0.5, 0.6) is 0 Å². The molecule has 5 rings (SSSR count). The number of nitriles is 1. The van der Waals surface area contributed by atoms with Crippen molar-refractivity contribution >= 4 is 17.5 Å². The number of amides is 1. The third kappa shape index (κ3) is 4.96. The summed E-state index contributed by atoms with van der Waals surface area (Å²) in [5.74, 6) is -0.0410. The van der Waals surface area contributed by atoms with Crippen LogP contribution in [0, 0.1) is 18.3 Å². The molecule has 3 aromatic heterocycles. The van der Waals surface area contributed by atoms with E-state index in [-0.39, 0.29) is 18.4 Å². The minimum atomic E-state index is -4.53. The number of fused-ring (bicyclic) bond motifs is 1. The molecule has 2 aromatic carbocycles. The number of pyridine rings is 1. The van der Waals surface area contributed by atoms with Gasteiger partial charge in [0.25, 0.3) is 0 Å². The maximum absolute atomic E-state index is 13.6. The van der Waals surface area contributed by atoms with Crippen molar-refractivity contribution in [3.63, 3.8) is 0 Å². The Morgan fingerprint density at radius 1 is 1.12 bits per heavy atom. The third-order valence-corrected chi connectivity index (χ3v) is 6.42. The molecule has 0 spiro atoms. The van der Waals surface area contributed by atoms with Crippen LogP contribution < -0.4 is 5.32 Å². The van der Waals surface area contributed by atoms with Crippen molar-refractivity contribution in [2.24, 2.45) is 0 Å². The molecule has 9 nitrogen and oxygen atoms in total. The van der Waals surface area contributed by atoms with E-state index in [1.54, 1.807) is 74.5 Å². The van der Waals surface area contributed by atoms with Crippen LogP contribution in [0.4, 0.5) is 19.1 Å². The Bertz CT molecular complexity index is 1760. The monoisotopic (exact) mass is 544 g/mol. The molecule has 0 radical (unpaired) electrons. The number of hydrogen-bond acceptors (Lipinski definition) is 6. The van der Waals surface area contributed by atoms with Crippen LogP contribution >= 0.6 is 0 Å². The summed E-state index contributed by atoms with van der Waals surface area (Å²) in [6.45, 7) is 1.75. The summed E-state index contributed by atoms with van der Waals surface area (Å²) in [5.41, 5.74) is 3.47. The topological polar surface area (TPSA) is 104 Å². The average Bonchev–Trinajstić information content (AvgIpc) is 3.58. The number of likely N-dealkylation sites (N-methyl/N-ethyl adjacent to an activating group) is 1. The van der Waals surface area contributed by atoms with Gasteiger partial charge in [-0.15, -0.1) is 5.10 Å². The Hall–Kier alpha value is -5.18. The van der Waals surface area contributed by atoms with E-state index in [0.717, 1.165) is 12.1 Å². The van der Waals surface area contributed by atoms with E-state index in [9.17, 15) is 18.0 Å². The Morgan fingerprint density at radius 3 is 2.55 bits per heavy atom. The van der Waals surface area contributed by atoms with E-state index in [2.05, 4.69) is 26.6 Å². The zero-order chi connectivity index (χ0) is 28.6. The largest absolute Gasteiger partial charge is 0.416 e. The first kappa shape index (κ1) is 26.4. The van der Waals surface area contributed by atoms with Gasteiger partial charge in [-0.1, -0.05) is 12.1 Å². The van der Waals surface area contributed by atoms with Gasteiger partial charge >= 0.3 is 6.18 Å². The number of nitrogens with one attached hydrogen (secondary N) is 1. The highest BCUT2D eigenvalue weighted by Crippen LogP contribution is 2.38. The van der Waals surface area contributed by atoms with Crippen LogP contribution in [0.1, 0.15) is 16.7 Å². The minimum Gasteiger partial charge on any atom is -0.347 e. The normalized spacial score (nSPS) is 11.4. The van der Waals surface area contributed by atoms with Crippen molar-refractivity contribution in [1.82, 2.24) is 29.3 Å². The van der Waals surface area contributed by atoms with E-state index >= 15 is 0 Å². The van der Waals surface area contributed by atoms with Crippen molar-refractivity contribution in [2.45, 2.75) is 13.1 Å². The summed E-state index contributed by atoms with van der Waals surface area (Å²) in [6.07, 6.45) is -1.19. The van der Waals surface area contributed by atoms with Gasteiger partial charge in [-0.25, -0.2) is 9.20 Å². The summed E-state index contributed by atoms with van der Waals surface area (Å²) in [4.78, 5) is 18.0. The summed E-state index contributed by atoms with van der Waals surface area (Å²) in [5, 5.41) is 21.0. The second-order valence-corrected chi connectivity index (χ2v) is 9.25. The number of aromatic nitrogens is 5. The van der Waals surface area contributed by atoms with Crippen molar-refractivity contribution in [3.8, 4) is 34.1 Å². The average molecular weight is 545 g/mol. The van der Waals surface area contributed by atoms with Crippen LogP contribution in [-0.4, -0.2) is 55.8 Å². The van der Waals surface area contributed by atoms with Gasteiger partial charge < -0.3 is 10.2 Å². The van der Waals surface area contributed by atoms with E-state index in [0.29, 0.717) is 44.8 Å². The Labute approximate surface area is 227 Å². The van der Waals surface area contributed by atoms with E-state index in [1.165, 1.54) is 15.5 Å². The van der Waals surface area contributed by atoms with Crippen LogP contribution in [-0.2, 0) is 11.0 Å². The summed E-state index contributed by atoms with van der Waals surface area (Å²) in [7, 11) is 3.25. The van der Waals surface area contributed by atoms with Gasteiger partial charge in [-0.2, -0.15) is 28.5 Å². The quantitative estimate of drug-likeness (QED) is 0.325. The van der Waals surface area contributed by atoms with Crippen molar-refractivity contribution in [1.29, 1.82) is 5.26 Å². The highest BCUT2D eigenvalue weighted by molar-refractivity contribution is 5.87. The molecule has 0 saturated heterocycles. The molecule has 0 unspecified atom stereocenters. The van der Waals surface area contributed by atoms with Gasteiger partial charge in [-0.05, 0) is 60.5 Å². The maximum Gasteiger partial charge on any atom is 0.416 e. The third-order valence-electron chi connectivity index (χ3n) is 6.42. The molecule has 0 atom stereocenters. The number of hydrogen-bond donors (Lipinski definition) is 1. The molecule has 5 aromatic rings. The lowest BCUT2D eigenvalue weighted by atomic mass is 9.95. The van der Waals surface area contributed by atoms with Gasteiger partial charge in [0, 0.05) is 31.4 Å².